The Morgan fingerprint density at radius 2 is 1.93 bits per heavy atom. The summed E-state index contributed by atoms with van der Waals surface area (Å²) in [5.74, 6) is -1.51. The molecule has 2 heterocycles. The number of carboxylic acid groups (broad SMARTS) is 1. The molecule has 3 aromatic carbocycles. The molecular weight excluding hydrogens is 638 g/mol. The van der Waals surface area contributed by atoms with Crippen molar-refractivity contribution < 1.29 is 33.4 Å². The SMILES string of the molecule is Cc1c(Cl)cccc1OCCCC(=O)N1CCCOc2c(-c3cnn(Cc4c(F)cc(C(=O)NCC(=O)O)cc4Cl)c3)cccc21. The maximum Gasteiger partial charge on any atom is 0.322 e. The molecule has 5 rings (SSSR count). The van der Waals surface area contributed by atoms with Gasteiger partial charge in [-0.25, -0.2) is 4.39 Å². The molecule has 0 aliphatic carbocycles. The minimum atomic E-state index is -1.22. The van der Waals surface area contributed by atoms with Gasteiger partial charge in [-0.2, -0.15) is 5.10 Å². The van der Waals surface area contributed by atoms with Gasteiger partial charge in [0.1, 0.15) is 18.1 Å². The van der Waals surface area contributed by atoms with Gasteiger partial charge in [0.25, 0.3) is 5.91 Å². The zero-order chi connectivity index (χ0) is 32.8. The lowest BCUT2D eigenvalue weighted by Crippen LogP contribution is -2.31. The highest BCUT2D eigenvalue weighted by molar-refractivity contribution is 6.32. The summed E-state index contributed by atoms with van der Waals surface area (Å²) in [4.78, 5) is 38.0. The molecule has 0 unspecified atom stereocenters. The molecule has 0 bridgehead atoms. The molecule has 4 aromatic rings. The lowest BCUT2D eigenvalue weighted by molar-refractivity contribution is -0.135. The van der Waals surface area contributed by atoms with Gasteiger partial charge in [-0.15, -0.1) is 0 Å². The molecule has 0 atom stereocenters. The Morgan fingerprint density at radius 3 is 2.72 bits per heavy atom. The number of amides is 2. The van der Waals surface area contributed by atoms with Crippen LogP contribution in [-0.2, 0) is 16.1 Å². The summed E-state index contributed by atoms with van der Waals surface area (Å²) in [5.41, 5.74) is 2.94. The van der Waals surface area contributed by atoms with Crippen LogP contribution in [0.25, 0.3) is 11.1 Å². The van der Waals surface area contributed by atoms with Crippen molar-refractivity contribution in [1.82, 2.24) is 15.1 Å². The fourth-order valence-corrected chi connectivity index (χ4v) is 5.51. The maximum atomic E-state index is 15.0. The average molecular weight is 670 g/mol. The molecule has 0 saturated carbocycles. The van der Waals surface area contributed by atoms with Crippen LogP contribution in [0, 0.1) is 12.7 Å². The quantitative estimate of drug-likeness (QED) is 0.184. The van der Waals surface area contributed by atoms with Crippen LogP contribution in [0.5, 0.6) is 11.5 Å². The van der Waals surface area contributed by atoms with Gasteiger partial charge in [-0.05, 0) is 50.1 Å². The van der Waals surface area contributed by atoms with E-state index in [0.29, 0.717) is 60.4 Å². The number of aromatic nitrogens is 2. The zero-order valence-corrected chi connectivity index (χ0v) is 26.4. The Balaban J connectivity index is 1.28. The predicted octanol–water partition coefficient (Wildman–Crippen LogP) is 6.14. The summed E-state index contributed by atoms with van der Waals surface area (Å²) in [6.45, 7) is 2.55. The van der Waals surface area contributed by atoms with Crippen LogP contribution in [0.4, 0.5) is 10.1 Å². The zero-order valence-electron chi connectivity index (χ0n) is 24.9. The standard InChI is InChI=1S/C33H31Cl2FN4O6/c1-20-25(34)7-3-9-29(20)45-12-4-10-30(41)40-11-5-13-46-32-23(6-2-8-28(32)40)22-16-38-39(18-22)19-24-26(35)14-21(15-27(24)36)33(44)37-17-31(42)43/h2-3,6-9,14-16,18H,4-5,10-13,17,19H2,1H3,(H,37,44)(H,42,43). The van der Waals surface area contributed by atoms with Crippen LogP contribution in [0.1, 0.15) is 40.7 Å². The first-order valence-electron chi connectivity index (χ1n) is 14.6. The van der Waals surface area contributed by atoms with Crippen LogP contribution in [-0.4, -0.2) is 59.0 Å². The topological polar surface area (TPSA) is 123 Å². The molecule has 1 aliphatic rings. The van der Waals surface area contributed by atoms with Gasteiger partial charge >= 0.3 is 5.97 Å². The number of para-hydroxylation sites is 1. The average Bonchev–Trinajstić information content (AvgIpc) is 3.38. The number of aliphatic carboxylic acids is 1. The van der Waals surface area contributed by atoms with E-state index in [2.05, 4.69) is 10.4 Å². The number of nitrogens with one attached hydrogen (secondary N) is 1. The van der Waals surface area contributed by atoms with Crippen molar-refractivity contribution in [3.05, 3.63) is 93.5 Å². The molecule has 240 valence electrons. The fourth-order valence-electron chi connectivity index (χ4n) is 5.07. The summed E-state index contributed by atoms with van der Waals surface area (Å²) in [7, 11) is 0. The van der Waals surface area contributed by atoms with Crippen LogP contribution >= 0.6 is 23.2 Å². The number of halogens is 3. The molecular formula is C33H31Cl2FN4O6. The van der Waals surface area contributed by atoms with Crippen LogP contribution < -0.4 is 19.7 Å². The molecule has 0 spiro atoms. The minimum absolute atomic E-state index is 0.00306. The van der Waals surface area contributed by atoms with E-state index in [0.717, 1.165) is 17.2 Å². The third-order valence-corrected chi connectivity index (χ3v) is 8.18. The van der Waals surface area contributed by atoms with Crippen molar-refractivity contribution in [3.63, 3.8) is 0 Å². The van der Waals surface area contributed by atoms with E-state index in [1.165, 1.54) is 10.7 Å². The van der Waals surface area contributed by atoms with E-state index in [-0.39, 0.29) is 35.0 Å². The molecule has 2 N–H and O–H groups in total. The molecule has 46 heavy (non-hydrogen) atoms. The van der Waals surface area contributed by atoms with E-state index in [1.54, 1.807) is 23.4 Å². The van der Waals surface area contributed by atoms with Gasteiger partial charge in [0.05, 0.1) is 31.6 Å². The van der Waals surface area contributed by atoms with Crippen LogP contribution in [0.2, 0.25) is 10.0 Å². The highest BCUT2D eigenvalue weighted by Gasteiger charge is 2.25. The molecule has 0 saturated heterocycles. The number of carboxylic acids is 1. The lowest BCUT2D eigenvalue weighted by Gasteiger charge is -2.23. The van der Waals surface area contributed by atoms with E-state index < -0.39 is 24.2 Å². The third-order valence-electron chi connectivity index (χ3n) is 7.44. The van der Waals surface area contributed by atoms with Gasteiger partial charge in [0, 0.05) is 57.0 Å². The van der Waals surface area contributed by atoms with E-state index in [1.807, 2.05) is 37.3 Å². The number of hydrogen-bond acceptors (Lipinski definition) is 6. The normalized spacial score (nSPS) is 12.6. The van der Waals surface area contributed by atoms with Gasteiger partial charge in [-0.1, -0.05) is 41.4 Å². The molecule has 1 aromatic heterocycles. The highest BCUT2D eigenvalue weighted by Crippen LogP contribution is 2.40. The summed E-state index contributed by atoms with van der Waals surface area (Å²) in [6, 6.07) is 13.3. The predicted molar refractivity (Wildman–Crippen MR) is 172 cm³/mol. The monoisotopic (exact) mass is 668 g/mol. The van der Waals surface area contributed by atoms with Crippen molar-refractivity contribution in [2.75, 3.05) is 31.2 Å². The third kappa shape index (κ3) is 7.60. The molecule has 0 fully saturated rings. The number of carbonyl (C=O) groups is 3. The summed E-state index contributed by atoms with van der Waals surface area (Å²) < 4.78 is 28.5. The first kappa shape index (κ1) is 32.8. The Labute approximate surface area is 274 Å². The first-order chi connectivity index (χ1) is 22.1. The largest absolute Gasteiger partial charge is 0.493 e. The van der Waals surface area contributed by atoms with Crippen molar-refractivity contribution >= 4 is 46.7 Å². The van der Waals surface area contributed by atoms with Gasteiger partial charge < -0.3 is 24.8 Å². The van der Waals surface area contributed by atoms with Crippen LogP contribution in [0.3, 0.4) is 0 Å². The number of nitrogens with zero attached hydrogens (tertiary/aromatic N) is 3. The number of hydrogen-bond donors (Lipinski definition) is 2. The molecule has 0 radical (unpaired) electrons. The number of ether oxygens (including phenoxy) is 2. The van der Waals surface area contributed by atoms with Crippen molar-refractivity contribution in [2.24, 2.45) is 0 Å². The van der Waals surface area contributed by atoms with E-state index in [4.69, 9.17) is 37.8 Å². The number of rotatable bonds is 11. The molecule has 2 amide bonds. The van der Waals surface area contributed by atoms with Crippen molar-refractivity contribution in [2.45, 2.75) is 32.7 Å². The number of fused-ring (bicyclic) bond motifs is 1. The second kappa shape index (κ2) is 14.7. The second-order valence-corrected chi connectivity index (χ2v) is 11.5. The highest BCUT2D eigenvalue weighted by atomic mass is 35.5. The smallest absolute Gasteiger partial charge is 0.322 e. The van der Waals surface area contributed by atoms with E-state index in [9.17, 15) is 14.4 Å². The number of carbonyl (C=O) groups excluding carboxylic acids is 2. The second-order valence-electron chi connectivity index (χ2n) is 10.6. The van der Waals surface area contributed by atoms with Gasteiger partial charge in [0.15, 0.2) is 5.75 Å². The van der Waals surface area contributed by atoms with E-state index >= 15 is 4.39 Å². The van der Waals surface area contributed by atoms with Crippen molar-refractivity contribution in [3.8, 4) is 22.6 Å². The molecule has 13 heteroatoms. The van der Waals surface area contributed by atoms with Crippen molar-refractivity contribution in [1.29, 1.82) is 0 Å². The number of benzene rings is 3. The fraction of sp³-hybridized carbons (Fsp3) is 0.273. The van der Waals surface area contributed by atoms with Gasteiger partial charge in [-0.3, -0.25) is 19.1 Å². The summed E-state index contributed by atoms with van der Waals surface area (Å²) >= 11 is 12.5. The van der Waals surface area contributed by atoms with Gasteiger partial charge in [0.2, 0.25) is 5.91 Å². The number of anilines is 1. The maximum absolute atomic E-state index is 15.0. The minimum Gasteiger partial charge on any atom is -0.493 e. The Hall–Kier alpha value is -4.61. The molecule has 10 nitrogen and oxygen atoms in total. The van der Waals surface area contributed by atoms with Crippen LogP contribution in [0.15, 0.2) is 60.9 Å². The summed E-state index contributed by atoms with van der Waals surface area (Å²) in [6.07, 6.45) is 4.79. The Bertz CT molecular complexity index is 1760. The summed E-state index contributed by atoms with van der Waals surface area (Å²) in [5, 5.41) is 15.9. The Kier molecular flexibility index (Phi) is 10.4. The molecule has 1 aliphatic heterocycles. The lowest BCUT2D eigenvalue weighted by atomic mass is 10.1. The Morgan fingerprint density at radius 1 is 1.13 bits per heavy atom. The first-order valence-corrected chi connectivity index (χ1v) is 15.3.